The predicted molar refractivity (Wildman–Crippen MR) is 56.9 cm³/mol. The van der Waals surface area contributed by atoms with Crippen molar-refractivity contribution in [3.8, 4) is 23.0 Å². The number of ether oxygens (including phenoxy) is 1. The van der Waals surface area contributed by atoms with Gasteiger partial charge in [-0.2, -0.15) is 10.5 Å². The monoisotopic (exact) mass is 226 g/mol. The number of thiazole rings is 1. The zero-order valence-corrected chi connectivity index (χ0v) is 8.78. The molecule has 1 heterocycles. The van der Waals surface area contributed by atoms with Gasteiger partial charge in [0.25, 0.3) is 0 Å². The maximum absolute atomic E-state index is 8.83. The molecule has 0 N–H and O–H groups in total. The summed E-state index contributed by atoms with van der Waals surface area (Å²) >= 11 is 1.23. The van der Waals surface area contributed by atoms with E-state index in [9.17, 15) is 0 Å². The number of benzene rings is 1. The Morgan fingerprint density at radius 3 is 2.69 bits per heavy atom. The van der Waals surface area contributed by atoms with Crippen molar-refractivity contribution in [3.63, 3.8) is 0 Å². The Bertz CT molecular complexity index is 578. The molecule has 0 aliphatic carbocycles. The van der Waals surface area contributed by atoms with Gasteiger partial charge in [0.2, 0.25) is 5.06 Å². The molecule has 0 unspecified atom stereocenters. The molecule has 16 heavy (non-hydrogen) atoms. The molecule has 1 radical (unpaired) electrons. The standard InChI is InChI=1S/C11H4N3OS/c12-4-8-1-2-10(3-9(8)5-13)15-11-6-14-7-16-11/h1-3,6H. The van der Waals surface area contributed by atoms with Gasteiger partial charge in [-0.05, 0) is 18.2 Å². The van der Waals surface area contributed by atoms with Crippen LogP contribution < -0.4 is 4.74 Å². The van der Waals surface area contributed by atoms with E-state index in [4.69, 9.17) is 15.3 Å². The Balaban J connectivity index is 2.31. The molecule has 5 heteroatoms. The van der Waals surface area contributed by atoms with Crippen molar-refractivity contribution < 1.29 is 4.74 Å². The molecule has 75 valence electrons. The Labute approximate surface area is 96.0 Å². The van der Waals surface area contributed by atoms with Gasteiger partial charge in [-0.3, -0.25) is 0 Å². The largest absolute Gasteiger partial charge is 0.445 e. The molecule has 2 aromatic rings. The lowest BCUT2D eigenvalue weighted by Crippen LogP contribution is -1.86. The molecule has 1 aromatic carbocycles. The van der Waals surface area contributed by atoms with Crippen molar-refractivity contribution in [3.05, 3.63) is 41.0 Å². The van der Waals surface area contributed by atoms with Gasteiger partial charge in [-0.1, -0.05) is 11.3 Å². The van der Waals surface area contributed by atoms with Crippen molar-refractivity contribution >= 4 is 11.3 Å². The smallest absolute Gasteiger partial charge is 0.201 e. The van der Waals surface area contributed by atoms with Gasteiger partial charge in [0.15, 0.2) is 5.51 Å². The fourth-order valence-electron chi connectivity index (χ4n) is 1.12. The Kier molecular flexibility index (Phi) is 2.81. The van der Waals surface area contributed by atoms with E-state index in [1.807, 2.05) is 12.1 Å². The fourth-order valence-corrected chi connectivity index (χ4v) is 1.56. The van der Waals surface area contributed by atoms with Crippen molar-refractivity contribution in [1.82, 2.24) is 4.98 Å². The van der Waals surface area contributed by atoms with Crippen LogP contribution in [0.5, 0.6) is 10.8 Å². The molecule has 0 fully saturated rings. The number of nitrogens with zero attached hydrogens (tertiary/aromatic N) is 3. The third kappa shape index (κ3) is 2.00. The zero-order valence-electron chi connectivity index (χ0n) is 7.97. The molecule has 0 amide bonds. The third-order valence-corrected chi connectivity index (χ3v) is 2.41. The lowest BCUT2D eigenvalue weighted by Gasteiger charge is -2.02. The number of aromatic nitrogens is 1. The van der Waals surface area contributed by atoms with Crippen LogP contribution >= 0.6 is 11.3 Å². The first-order valence-electron chi connectivity index (χ1n) is 4.27. The van der Waals surface area contributed by atoms with Crippen molar-refractivity contribution in [2.75, 3.05) is 0 Å². The van der Waals surface area contributed by atoms with E-state index in [2.05, 4.69) is 10.5 Å². The molecule has 0 atom stereocenters. The molecule has 0 aliphatic rings. The normalized spacial score (nSPS) is 9.12. The second-order valence-corrected chi connectivity index (χ2v) is 3.59. The topological polar surface area (TPSA) is 69.7 Å². The second-order valence-electron chi connectivity index (χ2n) is 2.80. The second kappa shape index (κ2) is 4.43. The lowest BCUT2D eigenvalue weighted by atomic mass is 10.1. The summed E-state index contributed by atoms with van der Waals surface area (Å²) in [7, 11) is 0. The van der Waals surface area contributed by atoms with E-state index in [0.717, 1.165) is 0 Å². The molecule has 0 bridgehead atoms. The molecular weight excluding hydrogens is 222 g/mol. The first-order chi connectivity index (χ1) is 7.83. The summed E-state index contributed by atoms with van der Waals surface area (Å²) in [4.78, 5) is 3.75. The van der Waals surface area contributed by atoms with Crippen LogP contribution in [0.2, 0.25) is 0 Å². The van der Waals surface area contributed by atoms with Crippen molar-refractivity contribution in [2.24, 2.45) is 0 Å². The number of hydrogen-bond acceptors (Lipinski definition) is 5. The Morgan fingerprint density at radius 1 is 1.25 bits per heavy atom. The summed E-state index contributed by atoms with van der Waals surface area (Å²) < 4.78 is 5.42. The summed E-state index contributed by atoms with van der Waals surface area (Å²) in [6.07, 6.45) is 1.54. The summed E-state index contributed by atoms with van der Waals surface area (Å²) in [5.74, 6) is 0.508. The van der Waals surface area contributed by atoms with Gasteiger partial charge in [-0.15, -0.1) is 0 Å². The summed E-state index contributed by atoms with van der Waals surface area (Å²) in [5.41, 5.74) is 3.29. The Morgan fingerprint density at radius 2 is 2.06 bits per heavy atom. The van der Waals surface area contributed by atoms with Gasteiger partial charge >= 0.3 is 0 Å². The average molecular weight is 226 g/mol. The van der Waals surface area contributed by atoms with E-state index in [1.165, 1.54) is 23.6 Å². The van der Waals surface area contributed by atoms with Gasteiger partial charge in [-0.25, -0.2) is 4.98 Å². The van der Waals surface area contributed by atoms with Gasteiger partial charge in [0.1, 0.15) is 17.9 Å². The summed E-state index contributed by atoms with van der Waals surface area (Å²) in [6, 6.07) is 8.60. The quantitative estimate of drug-likeness (QED) is 0.788. The van der Waals surface area contributed by atoms with Crippen LogP contribution in [0, 0.1) is 28.2 Å². The van der Waals surface area contributed by atoms with Crippen LogP contribution in [0.3, 0.4) is 0 Å². The van der Waals surface area contributed by atoms with Crippen molar-refractivity contribution in [2.45, 2.75) is 0 Å². The summed E-state index contributed by atoms with van der Waals surface area (Å²) in [5, 5.41) is 18.2. The molecule has 0 aliphatic heterocycles. The fraction of sp³-hybridized carbons (Fsp3) is 0. The highest BCUT2D eigenvalue weighted by atomic mass is 32.1. The summed E-state index contributed by atoms with van der Waals surface area (Å²) in [6.45, 7) is 0. The average Bonchev–Trinajstić information content (AvgIpc) is 2.81. The minimum Gasteiger partial charge on any atom is -0.445 e. The van der Waals surface area contributed by atoms with E-state index in [0.29, 0.717) is 21.9 Å². The number of rotatable bonds is 2. The minimum atomic E-state index is 0.300. The molecule has 0 saturated carbocycles. The highest BCUT2D eigenvalue weighted by molar-refractivity contribution is 7.11. The highest BCUT2D eigenvalue weighted by Crippen LogP contribution is 2.25. The lowest BCUT2D eigenvalue weighted by molar-refractivity contribution is 0.495. The van der Waals surface area contributed by atoms with Gasteiger partial charge < -0.3 is 4.74 Å². The van der Waals surface area contributed by atoms with E-state index in [-0.39, 0.29) is 0 Å². The molecule has 2 rings (SSSR count). The Hall–Kier alpha value is -2.37. The van der Waals surface area contributed by atoms with E-state index < -0.39 is 0 Å². The van der Waals surface area contributed by atoms with Crippen LogP contribution in [-0.4, -0.2) is 4.98 Å². The van der Waals surface area contributed by atoms with Crippen LogP contribution in [0.1, 0.15) is 11.1 Å². The zero-order chi connectivity index (χ0) is 11.4. The maximum atomic E-state index is 8.83. The predicted octanol–water partition coefficient (Wildman–Crippen LogP) is 2.48. The molecule has 0 saturated heterocycles. The molecular formula is C11H4N3OS. The van der Waals surface area contributed by atoms with Gasteiger partial charge in [0, 0.05) is 0 Å². The SMILES string of the molecule is N#Cc1ccc(Oc2cn[c]s2)cc1C#N. The number of hydrogen-bond donors (Lipinski definition) is 0. The maximum Gasteiger partial charge on any atom is 0.201 e. The highest BCUT2D eigenvalue weighted by Gasteiger charge is 2.05. The first kappa shape index (κ1) is 10.2. The third-order valence-electron chi connectivity index (χ3n) is 1.82. The van der Waals surface area contributed by atoms with Crippen LogP contribution in [0.4, 0.5) is 0 Å². The van der Waals surface area contributed by atoms with Crippen LogP contribution in [-0.2, 0) is 0 Å². The van der Waals surface area contributed by atoms with E-state index >= 15 is 0 Å². The van der Waals surface area contributed by atoms with E-state index in [1.54, 1.807) is 12.1 Å². The molecule has 0 spiro atoms. The molecule has 4 nitrogen and oxygen atoms in total. The minimum absolute atomic E-state index is 0.300. The van der Waals surface area contributed by atoms with Gasteiger partial charge in [0.05, 0.1) is 17.3 Å². The first-order valence-corrected chi connectivity index (χ1v) is 5.09. The van der Waals surface area contributed by atoms with Crippen LogP contribution in [0.25, 0.3) is 0 Å². The van der Waals surface area contributed by atoms with Crippen LogP contribution in [0.15, 0.2) is 24.4 Å². The number of nitriles is 2. The molecule has 1 aromatic heterocycles. The van der Waals surface area contributed by atoms with Crippen molar-refractivity contribution in [1.29, 1.82) is 10.5 Å².